The second-order valence-corrected chi connectivity index (χ2v) is 5.13. The SMILES string of the molecule is NC(=O)CC(=NC(OP(=O)(O)O)c1ccccc1)C(N)=O. The Morgan fingerprint density at radius 1 is 1.24 bits per heavy atom. The molecule has 0 aromatic heterocycles. The molecule has 10 heteroatoms. The van der Waals surface area contributed by atoms with Crippen molar-refractivity contribution in [1.29, 1.82) is 0 Å². The van der Waals surface area contributed by atoms with Crippen LogP contribution in [0.4, 0.5) is 0 Å². The van der Waals surface area contributed by atoms with Crippen LogP contribution in [0.2, 0.25) is 0 Å². The zero-order chi connectivity index (χ0) is 16.0. The number of phosphoric acid groups is 1. The summed E-state index contributed by atoms with van der Waals surface area (Å²) in [5.41, 5.74) is 9.83. The highest BCUT2D eigenvalue weighted by atomic mass is 31.2. The smallest absolute Gasteiger partial charge is 0.369 e. The lowest BCUT2D eigenvalue weighted by Crippen LogP contribution is -2.29. The van der Waals surface area contributed by atoms with Crippen LogP contribution in [0.1, 0.15) is 18.2 Å². The first-order valence-corrected chi connectivity index (χ1v) is 7.16. The molecule has 0 saturated heterocycles. The van der Waals surface area contributed by atoms with Crippen molar-refractivity contribution in [1.82, 2.24) is 0 Å². The number of hydrogen-bond acceptors (Lipinski definition) is 5. The van der Waals surface area contributed by atoms with Gasteiger partial charge in [-0.1, -0.05) is 30.3 Å². The van der Waals surface area contributed by atoms with Crippen LogP contribution in [0.15, 0.2) is 35.3 Å². The van der Waals surface area contributed by atoms with Gasteiger partial charge in [0.05, 0.1) is 6.42 Å². The van der Waals surface area contributed by atoms with E-state index in [-0.39, 0.29) is 5.56 Å². The van der Waals surface area contributed by atoms with E-state index in [2.05, 4.69) is 9.52 Å². The fourth-order valence-corrected chi connectivity index (χ4v) is 1.84. The van der Waals surface area contributed by atoms with Crippen molar-refractivity contribution in [2.45, 2.75) is 12.6 Å². The number of hydrogen-bond donors (Lipinski definition) is 4. The fourth-order valence-electron chi connectivity index (χ4n) is 1.41. The molecule has 0 radical (unpaired) electrons. The monoisotopic (exact) mass is 315 g/mol. The van der Waals surface area contributed by atoms with Crippen molar-refractivity contribution in [3.63, 3.8) is 0 Å². The first-order chi connectivity index (χ1) is 9.69. The minimum absolute atomic E-state index is 0.268. The first kappa shape index (κ1) is 17.0. The summed E-state index contributed by atoms with van der Waals surface area (Å²) < 4.78 is 15.5. The fraction of sp³-hybridized carbons (Fsp3) is 0.182. The quantitative estimate of drug-likeness (QED) is 0.394. The minimum Gasteiger partial charge on any atom is -0.369 e. The highest BCUT2D eigenvalue weighted by Crippen LogP contribution is 2.42. The Labute approximate surface area is 119 Å². The lowest BCUT2D eigenvalue weighted by molar-refractivity contribution is -0.118. The zero-order valence-corrected chi connectivity index (χ0v) is 11.6. The normalized spacial score (nSPS) is 13.7. The van der Waals surface area contributed by atoms with Gasteiger partial charge in [-0.2, -0.15) is 0 Å². The highest BCUT2D eigenvalue weighted by molar-refractivity contribution is 7.46. The van der Waals surface area contributed by atoms with E-state index in [4.69, 9.17) is 21.3 Å². The van der Waals surface area contributed by atoms with Crippen molar-refractivity contribution in [3.8, 4) is 0 Å². The van der Waals surface area contributed by atoms with E-state index in [0.717, 1.165) is 0 Å². The summed E-state index contributed by atoms with van der Waals surface area (Å²) in [6.07, 6.45) is -2.06. The Morgan fingerprint density at radius 3 is 2.24 bits per heavy atom. The van der Waals surface area contributed by atoms with Crippen molar-refractivity contribution in [3.05, 3.63) is 35.9 Å². The van der Waals surface area contributed by atoms with Gasteiger partial charge in [-0.15, -0.1) is 0 Å². The van der Waals surface area contributed by atoms with Gasteiger partial charge >= 0.3 is 7.82 Å². The number of carbonyl (C=O) groups excluding carboxylic acids is 2. The second-order valence-electron chi connectivity index (χ2n) is 3.94. The maximum Gasteiger partial charge on any atom is 0.471 e. The number of phosphoric ester groups is 1. The molecule has 1 unspecified atom stereocenters. The summed E-state index contributed by atoms with van der Waals surface area (Å²) in [7, 11) is -4.88. The van der Waals surface area contributed by atoms with Crippen LogP contribution >= 0.6 is 7.82 Å². The molecule has 9 nitrogen and oxygen atoms in total. The maximum atomic E-state index is 11.2. The molecule has 21 heavy (non-hydrogen) atoms. The van der Waals surface area contributed by atoms with E-state index in [1.807, 2.05) is 0 Å². The van der Waals surface area contributed by atoms with Gasteiger partial charge in [0.1, 0.15) is 5.71 Å². The third-order valence-electron chi connectivity index (χ3n) is 2.22. The van der Waals surface area contributed by atoms with Crippen LogP contribution in [-0.2, 0) is 18.7 Å². The molecule has 0 bridgehead atoms. The molecule has 0 saturated carbocycles. The van der Waals surface area contributed by atoms with Gasteiger partial charge < -0.3 is 21.3 Å². The first-order valence-electron chi connectivity index (χ1n) is 5.62. The van der Waals surface area contributed by atoms with E-state index in [0.29, 0.717) is 0 Å². The molecule has 0 heterocycles. The molecular weight excluding hydrogens is 301 g/mol. The summed E-state index contributed by atoms with van der Waals surface area (Å²) in [6, 6.07) is 7.79. The third-order valence-corrected chi connectivity index (χ3v) is 2.70. The number of carbonyl (C=O) groups is 2. The summed E-state index contributed by atoms with van der Waals surface area (Å²) in [4.78, 5) is 43.5. The minimum atomic E-state index is -4.88. The van der Waals surface area contributed by atoms with Crippen LogP contribution in [0, 0.1) is 0 Å². The molecular formula is C11H14N3O6P. The number of primary amides is 2. The van der Waals surface area contributed by atoms with Crippen LogP contribution in [0.3, 0.4) is 0 Å². The van der Waals surface area contributed by atoms with Crippen LogP contribution in [-0.4, -0.2) is 27.3 Å². The molecule has 1 atom stereocenters. The summed E-state index contributed by atoms with van der Waals surface area (Å²) in [5, 5.41) is 0. The molecule has 1 aromatic carbocycles. The van der Waals surface area contributed by atoms with E-state index >= 15 is 0 Å². The number of amides is 2. The lowest BCUT2D eigenvalue weighted by atomic mass is 10.2. The maximum absolute atomic E-state index is 11.2. The van der Waals surface area contributed by atoms with Gasteiger partial charge in [-0.25, -0.2) is 9.56 Å². The van der Waals surface area contributed by atoms with Gasteiger partial charge in [-0.05, 0) is 0 Å². The summed E-state index contributed by atoms with van der Waals surface area (Å²) in [5.74, 6) is -1.90. The number of nitrogens with zero attached hydrogens (tertiary/aromatic N) is 1. The average molecular weight is 315 g/mol. The van der Waals surface area contributed by atoms with Crippen molar-refractivity contribution in [2.75, 3.05) is 0 Å². The van der Waals surface area contributed by atoms with E-state index in [9.17, 15) is 14.2 Å². The molecule has 0 aliphatic carbocycles. The average Bonchev–Trinajstić information content (AvgIpc) is 2.36. The third kappa shape index (κ3) is 6.28. The van der Waals surface area contributed by atoms with Gasteiger partial charge in [0.25, 0.3) is 5.91 Å². The van der Waals surface area contributed by atoms with Crippen LogP contribution in [0.5, 0.6) is 0 Å². The second kappa shape index (κ2) is 7.09. The van der Waals surface area contributed by atoms with Gasteiger partial charge in [-0.3, -0.25) is 14.1 Å². The van der Waals surface area contributed by atoms with E-state index in [1.165, 1.54) is 12.1 Å². The van der Waals surface area contributed by atoms with Gasteiger partial charge in [0.2, 0.25) is 5.91 Å². The van der Waals surface area contributed by atoms with E-state index in [1.54, 1.807) is 18.2 Å². The highest BCUT2D eigenvalue weighted by Gasteiger charge is 2.25. The molecule has 2 amide bonds. The lowest BCUT2D eigenvalue weighted by Gasteiger charge is -2.15. The Bertz CT molecular complexity index is 597. The number of aliphatic imine (C=N–C) groups is 1. The van der Waals surface area contributed by atoms with Crippen molar-refractivity contribution < 1.29 is 28.5 Å². The van der Waals surface area contributed by atoms with Crippen LogP contribution in [0.25, 0.3) is 0 Å². The standard InChI is InChI=1S/C11H14N3O6P/c12-9(15)6-8(10(13)16)14-11(20-21(17,18)19)7-4-2-1-3-5-7/h1-5,11H,6H2,(H2,12,15)(H2,13,16)(H2,17,18,19). The molecule has 6 N–H and O–H groups in total. The van der Waals surface area contributed by atoms with Gasteiger partial charge in [0, 0.05) is 5.56 Å². The predicted octanol–water partition coefficient (Wildman–Crippen LogP) is -0.404. The van der Waals surface area contributed by atoms with Crippen LogP contribution < -0.4 is 11.5 Å². The largest absolute Gasteiger partial charge is 0.471 e. The Morgan fingerprint density at radius 2 is 1.81 bits per heavy atom. The Hall–Kier alpha value is -2.06. The molecule has 0 aliphatic heterocycles. The number of rotatable bonds is 7. The number of benzene rings is 1. The Kier molecular flexibility index (Phi) is 5.74. The van der Waals surface area contributed by atoms with Gasteiger partial charge in [0.15, 0.2) is 6.23 Å². The molecule has 1 rings (SSSR count). The summed E-state index contributed by atoms with van der Waals surface area (Å²) >= 11 is 0. The molecule has 0 aliphatic rings. The zero-order valence-electron chi connectivity index (χ0n) is 10.7. The van der Waals surface area contributed by atoms with Crippen molar-refractivity contribution in [2.24, 2.45) is 16.5 Å². The topological polar surface area (TPSA) is 165 Å². The van der Waals surface area contributed by atoms with Crippen molar-refractivity contribution >= 4 is 25.3 Å². The Balaban J connectivity index is 3.19. The molecule has 0 fully saturated rings. The molecule has 0 spiro atoms. The predicted molar refractivity (Wildman–Crippen MR) is 72.8 cm³/mol. The number of nitrogens with two attached hydrogens (primary N) is 2. The molecule has 1 aromatic rings. The van der Waals surface area contributed by atoms with E-state index < -0.39 is 38.0 Å². The molecule has 114 valence electrons. The summed E-state index contributed by atoms with van der Waals surface area (Å²) in [6.45, 7) is 0.